The van der Waals surface area contributed by atoms with Crippen LogP contribution in [0.3, 0.4) is 0 Å². The molecule has 1 aromatic rings. The van der Waals surface area contributed by atoms with Gasteiger partial charge in [-0.3, -0.25) is 4.68 Å². The van der Waals surface area contributed by atoms with Gasteiger partial charge in [-0.25, -0.2) is 0 Å². The fourth-order valence-corrected chi connectivity index (χ4v) is 1.72. The number of hydrogen-bond donors (Lipinski definition) is 1. The van der Waals surface area contributed by atoms with Gasteiger partial charge in [0.15, 0.2) is 0 Å². The van der Waals surface area contributed by atoms with E-state index < -0.39 is 0 Å². The number of hydrogen-bond acceptors (Lipinski definition) is 2. The van der Waals surface area contributed by atoms with Crippen molar-refractivity contribution in [2.24, 2.45) is 11.7 Å². The van der Waals surface area contributed by atoms with Crippen molar-refractivity contribution in [3.8, 4) is 0 Å². The van der Waals surface area contributed by atoms with E-state index in [4.69, 9.17) is 5.73 Å². The molecule has 1 heterocycles. The van der Waals surface area contributed by atoms with Crippen LogP contribution in [0, 0.1) is 5.92 Å². The fourth-order valence-electron chi connectivity index (χ4n) is 1.72. The highest BCUT2D eigenvalue weighted by atomic mass is 15.3. The molecule has 1 aliphatic carbocycles. The highest BCUT2D eigenvalue weighted by Gasteiger charge is 2.31. The molecule has 0 aromatic carbocycles. The van der Waals surface area contributed by atoms with Gasteiger partial charge in [-0.2, -0.15) is 5.10 Å². The van der Waals surface area contributed by atoms with Crippen LogP contribution in [0.2, 0.25) is 0 Å². The van der Waals surface area contributed by atoms with Crippen LogP contribution < -0.4 is 5.73 Å². The van der Waals surface area contributed by atoms with Gasteiger partial charge >= 0.3 is 0 Å². The highest BCUT2D eigenvalue weighted by molar-refractivity contribution is 5.10. The third-order valence-electron chi connectivity index (χ3n) is 2.66. The Bertz CT molecular complexity index is 275. The van der Waals surface area contributed by atoms with Crippen molar-refractivity contribution < 1.29 is 0 Å². The van der Waals surface area contributed by atoms with Gasteiger partial charge < -0.3 is 5.73 Å². The van der Waals surface area contributed by atoms with E-state index in [1.807, 2.05) is 10.9 Å². The van der Waals surface area contributed by atoms with Crippen LogP contribution in [-0.2, 0) is 6.54 Å². The average Bonchev–Trinajstić information content (AvgIpc) is 2.87. The highest BCUT2D eigenvalue weighted by Crippen LogP contribution is 2.39. The Balaban J connectivity index is 2.12. The van der Waals surface area contributed by atoms with Crippen molar-refractivity contribution in [2.45, 2.75) is 38.8 Å². The normalized spacial score (nSPS) is 18.9. The molecule has 1 saturated carbocycles. The summed E-state index contributed by atoms with van der Waals surface area (Å²) in [5.74, 6) is 0.715. The number of nitrogens with two attached hydrogens (primary N) is 1. The molecule has 0 amide bonds. The first kappa shape index (κ1) is 8.75. The molecule has 1 atom stereocenters. The molecule has 0 saturated heterocycles. The second kappa shape index (κ2) is 3.50. The Hall–Kier alpha value is -0.830. The Kier molecular flexibility index (Phi) is 2.36. The summed E-state index contributed by atoms with van der Waals surface area (Å²) in [5, 5.41) is 4.27. The van der Waals surface area contributed by atoms with E-state index >= 15 is 0 Å². The molecule has 1 unspecified atom stereocenters. The first-order chi connectivity index (χ1) is 6.33. The summed E-state index contributed by atoms with van der Waals surface area (Å²) in [6.07, 6.45) is 5.55. The van der Waals surface area contributed by atoms with E-state index in [0.29, 0.717) is 5.92 Å². The quantitative estimate of drug-likeness (QED) is 0.764. The molecule has 0 bridgehead atoms. The first-order valence-electron chi connectivity index (χ1n) is 5.10. The largest absolute Gasteiger partial charge is 0.322 e. The predicted octanol–water partition coefficient (Wildman–Crippen LogP) is 1.70. The topological polar surface area (TPSA) is 43.8 Å². The number of nitrogens with zero attached hydrogens (tertiary/aromatic N) is 2. The summed E-state index contributed by atoms with van der Waals surface area (Å²) in [4.78, 5) is 0. The van der Waals surface area contributed by atoms with Crippen molar-refractivity contribution >= 4 is 0 Å². The molecule has 3 nitrogen and oxygen atoms in total. The molecular formula is C10H17N3. The second-order valence-corrected chi connectivity index (χ2v) is 3.84. The van der Waals surface area contributed by atoms with Gasteiger partial charge in [0.1, 0.15) is 0 Å². The second-order valence-electron chi connectivity index (χ2n) is 3.84. The van der Waals surface area contributed by atoms with Crippen molar-refractivity contribution in [3.63, 3.8) is 0 Å². The zero-order valence-electron chi connectivity index (χ0n) is 8.11. The minimum Gasteiger partial charge on any atom is -0.322 e. The third-order valence-corrected chi connectivity index (χ3v) is 2.66. The van der Waals surface area contributed by atoms with Crippen LogP contribution in [0.1, 0.15) is 37.9 Å². The molecule has 2 N–H and O–H groups in total. The maximum atomic E-state index is 6.11. The summed E-state index contributed by atoms with van der Waals surface area (Å²) in [6.45, 7) is 3.15. The van der Waals surface area contributed by atoms with Gasteiger partial charge in [-0.15, -0.1) is 0 Å². The van der Waals surface area contributed by atoms with E-state index in [1.54, 1.807) is 0 Å². The fraction of sp³-hybridized carbons (Fsp3) is 0.700. The Morgan fingerprint density at radius 2 is 2.46 bits per heavy atom. The molecular weight excluding hydrogens is 162 g/mol. The monoisotopic (exact) mass is 179 g/mol. The van der Waals surface area contributed by atoms with E-state index in [2.05, 4.69) is 18.1 Å². The molecule has 0 aliphatic heterocycles. The molecule has 1 fully saturated rings. The van der Waals surface area contributed by atoms with Crippen LogP contribution in [-0.4, -0.2) is 9.78 Å². The standard InChI is InChI=1S/C10H17N3/c1-2-7-13-9(5-6-12-13)10(11)8-3-4-8/h5-6,8,10H,2-4,7,11H2,1H3. The predicted molar refractivity (Wildman–Crippen MR) is 52.2 cm³/mol. The van der Waals surface area contributed by atoms with Gasteiger partial charge in [0.05, 0.1) is 5.69 Å². The van der Waals surface area contributed by atoms with Crippen LogP contribution in [0.5, 0.6) is 0 Å². The Labute approximate surface area is 78.9 Å². The average molecular weight is 179 g/mol. The molecule has 1 aromatic heterocycles. The Morgan fingerprint density at radius 3 is 3.08 bits per heavy atom. The molecule has 3 heteroatoms. The summed E-state index contributed by atoms with van der Waals surface area (Å²) in [5.41, 5.74) is 7.33. The van der Waals surface area contributed by atoms with Crippen LogP contribution in [0.4, 0.5) is 0 Å². The minimum absolute atomic E-state index is 0.217. The van der Waals surface area contributed by atoms with Gasteiger partial charge in [0.25, 0.3) is 0 Å². The third kappa shape index (κ3) is 1.75. The van der Waals surface area contributed by atoms with E-state index in [9.17, 15) is 0 Å². The van der Waals surface area contributed by atoms with Crippen molar-refractivity contribution in [3.05, 3.63) is 18.0 Å². The molecule has 0 radical (unpaired) electrons. The van der Waals surface area contributed by atoms with Gasteiger partial charge in [0.2, 0.25) is 0 Å². The SMILES string of the molecule is CCCn1nccc1C(N)C1CC1. The zero-order chi connectivity index (χ0) is 9.26. The minimum atomic E-state index is 0.217. The van der Waals surface area contributed by atoms with Crippen molar-refractivity contribution in [1.82, 2.24) is 9.78 Å². The van der Waals surface area contributed by atoms with Crippen molar-refractivity contribution in [2.75, 3.05) is 0 Å². The van der Waals surface area contributed by atoms with E-state index in [-0.39, 0.29) is 6.04 Å². The molecule has 13 heavy (non-hydrogen) atoms. The van der Waals surface area contributed by atoms with Gasteiger partial charge in [-0.05, 0) is 31.2 Å². The Morgan fingerprint density at radius 1 is 1.69 bits per heavy atom. The molecule has 2 rings (SSSR count). The van der Waals surface area contributed by atoms with Crippen LogP contribution in [0.25, 0.3) is 0 Å². The molecule has 72 valence electrons. The van der Waals surface area contributed by atoms with Crippen LogP contribution >= 0.6 is 0 Å². The number of aromatic nitrogens is 2. The lowest BCUT2D eigenvalue weighted by atomic mass is 10.1. The molecule has 1 aliphatic rings. The van der Waals surface area contributed by atoms with Gasteiger partial charge in [-0.1, -0.05) is 6.92 Å². The smallest absolute Gasteiger partial charge is 0.0554 e. The summed E-state index contributed by atoms with van der Waals surface area (Å²) in [6, 6.07) is 2.27. The lowest BCUT2D eigenvalue weighted by Crippen LogP contribution is -2.18. The summed E-state index contributed by atoms with van der Waals surface area (Å²) < 4.78 is 2.04. The summed E-state index contributed by atoms with van der Waals surface area (Å²) >= 11 is 0. The summed E-state index contributed by atoms with van der Waals surface area (Å²) in [7, 11) is 0. The van der Waals surface area contributed by atoms with Crippen LogP contribution in [0.15, 0.2) is 12.3 Å². The number of aryl methyl sites for hydroxylation is 1. The lowest BCUT2D eigenvalue weighted by molar-refractivity contribution is 0.513. The maximum absolute atomic E-state index is 6.11. The first-order valence-corrected chi connectivity index (χ1v) is 5.10. The lowest BCUT2D eigenvalue weighted by Gasteiger charge is -2.12. The van der Waals surface area contributed by atoms with Crippen molar-refractivity contribution in [1.29, 1.82) is 0 Å². The number of rotatable bonds is 4. The zero-order valence-corrected chi connectivity index (χ0v) is 8.11. The van der Waals surface area contributed by atoms with E-state index in [1.165, 1.54) is 18.5 Å². The maximum Gasteiger partial charge on any atom is 0.0554 e. The van der Waals surface area contributed by atoms with Gasteiger partial charge in [0, 0.05) is 18.8 Å². The molecule has 0 spiro atoms. The van der Waals surface area contributed by atoms with E-state index in [0.717, 1.165) is 13.0 Å².